The highest BCUT2D eigenvalue weighted by Crippen LogP contribution is 2.22. The molecule has 0 atom stereocenters. The highest BCUT2D eigenvalue weighted by atomic mass is 32.1. The molecule has 134 valence electrons. The van der Waals surface area contributed by atoms with E-state index in [1.165, 1.54) is 16.9 Å². The minimum absolute atomic E-state index is 0.158. The van der Waals surface area contributed by atoms with Crippen molar-refractivity contribution < 1.29 is 4.79 Å². The fourth-order valence-electron chi connectivity index (χ4n) is 2.85. The third-order valence-corrected chi connectivity index (χ3v) is 5.07. The summed E-state index contributed by atoms with van der Waals surface area (Å²) in [5.74, 6) is -0.158. The van der Waals surface area contributed by atoms with Crippen LogP contribution < -0.4 is 5.32 Å². The molecule has 0 aliphatic rings. The molecule has 1 amide bonds. The molecule has 4 aromatic rings. The number of hydrogen-bond acceptors (Lipinski definition) is 4. The topological polar surface area (TPSA) is 59.8 Å². The van der Waals surface area contributed by atoms with E-state index in [2.05, 4.69) is 27.4 Å². The number of carbonyl (C=O) groups is 1. The number of benzene rings is 1. The van der Waals surface area contributed by atoms with Crippen LogP contribution in [0.2, 0.25) is 0 Å². The number of rotatable bonds is 6. The number of pyridine rings is 1. The van der Waals surface area contributed by atoms with Crippen molar-refractivity contribution in [1.29, 1.82) is 0 Å². The van der Waals surface area contributed by atoms with Gasteiger partial charge in [0, 0.05) is 42.6 Å². The Morgan fingerprint density at radius 1 is 1.00 bits per heavy atom. The molecule has 27 heavy (non-hydrogen) atoms. The van der Waals surface area contributed by atoms with Crippen LogP contribution in [0.25, 0.3) is 0 Å². The number of amides is 1. The van der Waals surface area contributed by atoms with Gasteiger partial charge < -0.3 is 4.57 Å². The van der Waals surface area contributed by atoms with E-state index in [-0.39, 0.29) is 5.91 Å². The van der Waals surface area contributed by atoms with Crippen LogP contribution in [0.5, 0.6) is 0 Å². The minimum atomic E-state index is -0.158. The van der Waals surface area contributed by atoms with E-state index in [4.69, 9.17) is 0 Å². The lowest BCUT2D eigenvalue weighted by atomic mass is 10.1. The molecular weight excluding hydrogens is 356 g/mol. The van der Waals surface area contributed by atoms with Gasteiger partial charge in [0.25, 0.3) is 5.91 Å². The van der Waals surface area contributed by atoms with Crippen LogP contribution in [0, 0.1) is 0 Å². The third-order valence-electron chi connectivity index (χ3n) is 4.16. The molecule has 0 fully saturated rings. The second-order valence-electron chi connectivity index (χ2n) is 6.13. The summed E-state index contributed by atoms with van der Waals surface area (Å²) in [6, 6.07) is 17.8. The normalized spacial score (nSPS) is 10.7. The SMILES string of the molecule is O=C(Nc1ncc(Cc2ccccc2)s1)c1cccn1Cc1ccncc1. The van der Waals surface area contributed by atoms with Gasteiger partial charge in [-0.25, -0.2) is 4.98 Å². The Morgan fingerprint density at radius 3 is 2.63 bits per heavy atom. The molecular formula is C21H18N4OS. The van der Waals surface area contributed by atoms with Crippen molar-refractivity contribution in [3.05, 3.63) is 101 Å². The lowest BCUT2D eigenvalue weighted by Gasteiger charge is -2.08. The molecule has 6 heteroatoms. The quantitative estimate of drug-likeness (QED) is 0.549. The van der Waals surface area contributed by atoms with Crippen molar-refractivity contribution in [3.8, 4) is 0 Å². The Hall–Kier alpha value is -3.25. The van der Waals surface area contributed by atoms with Crippen molar-refractivity contribution in [2.75, 3.05) is 5.32 Å². The molecule has 3 aromatic heterocycles. The molecule has 0 spiro atoms. The fraction of sp³-hybridized carbons (Fsp3) is 0.0952. The molecule has 0 bridgehead atoms. The first kappa shape index (κ1) is 17.2. The number of nitrogens with one attached hydrogen (secondary N) is 1. The predicted molar refractivity (Wildman–Crippen MR) is 107 cm³/mol. The highest BCUT2D eigenvalue weighted by Gasteiger charge is 2.13. The van der Waals surface area contributed by atoms with E-state index in [0.717, 1.165) is 16.9 Å². The Kier molecular flexibility index (Phi) is 5.07. The summed E-state index contributed by atoms with van der Waals surface area (Å²) in [7, 11) is 0. The summed E-state index contributed by atoms with van der Waals surface area (Å²) in [6.07, 6.45) is 8.04. The zero-order valence-corrected chi connectivity index (χ0v) is 15.4. The molecule has 1 aromatic carbocycles. The molecule has 3 heterocycles. The van der Waals surface area contributed by atoms with Crippen LogP contribution >= 0.6 is 11.3 Å². The van der Waals surface area contributed by atoms with Gasteiger partial charge in [0.15, 0.2) is 5.13 Å². The van der Waals surface area contributed by atoms with E-state index in [1.54, 1.807) is 12.4 Å². The summed E-state index contributed by atoms with van der Waals surface area (Å²) >= 11 is 1.50. The Labute approximate surface area is 161 Å². The maximum Gasteiger partial charge on any atom is 0.274 e. The summed E-state index contributed by atoms with van der Waals surface area (Å²) in [4.78, 5) is 22.2. The Morgan fingerprint density at radius 2 is 1.81 bits per heavy atom. The van der Waals surface area contributed by atoms with Crippen LogP contribution in [0.3, 0.4) is 0 Å². The maximum atomic E-state index is 12.7. The molecule has 4 rings (SSSR count). The van der Waals surface area contributed by atoms with Gasteiger partial charge in [-0.1, -0.05) is 30.3 Å². The van der Waals surface area contributed by atoms with Gasteiger partial charge in [0.1, 0.15) is 5.69 Å². The van der Waals surface area contributed by atoms with Crippen LogP contribution in [-0.4, -0.2) is 20.4 Å². The molecule has 0 saturated heterocycles. The third kappa shape index (κ3) is 4.30. The zero-order chi connectivity index (χ0) is 18.5. The smallest absolute Gasteiger partial charge is 0.274 e. The van der Waals surface area contributed by atoms with Crippen molar-refractivity contribution in [2.45, 2.75) is 13.0 Å². The van der Waals surface area contributed by atoms with Gasteiger partial charge in [0.2, 0.25) is 0 Å². The second-order valence-corrected chi connectivity index (χ2v) is 7.24. The van der Waals surface area contributed by atoms with E-state index >= 15 is 0 Å². The summed E-state index contributed by atoms with van der Waals surface area (Å²) in [6.45, 7) is 0.620. The lowest BCUT2D eigenvalue weighted by Crippen LogP contribution is -2.17. The monoisotopic (exact) mass is 374 g/mol. The lowest BCUT2D eigenvalue weighted by molar-refractivity contribution is 0.101. The number of nitrogens with zero attached hydrogens (tertiary/aromatic N) is 3. The van der Waals surface area contributed by atoms with E-state index in [9.17, 15) is 4.79 Å². The van der Waals surface area contributed by atoms with Gasteiger partial charge in [-0.15, -0.1) is 11.3 Å². The number of anilines is 1. The standard InChI is InChI=1S/C21H18N4OS/c26-20(19-7-4-12-25(19)15-17-8-10-22-11-9-17)24-21-23-14-18(27-21)13-16-5-2-1-3-6-16/h1-12,14H,13,15H2,(H,23,24,26). The average Bonchev–Trinajstić information content (AvgIpc) is 3.33. The van der Waals surface area contributed by atoms with Gasteiger partial charge in [-0.3, -0.25) is 15.1 Å². The van der Waals surface area contributed by atoms with Crippen molar-refractivity contribution in [1.82, 2.24) is 14.5 Å². The predicted octanol–water partition coefficient (Wildman–Crippen LogP) is 4.23. The van der Waals surface area contributed by atoms with Crippen LogP contribution in [-0.2, 0) is 13.0 Å². The molecule has 0 aliphatic carbocycles. The average molecular weight is 374 g/mol. The molecule has 0 aliphatic heterocycles. The van der Waals surface area contributed by atoms with Gasteiger partial charge >= 0.3 is 0 Å². The first-order valence-electron chi connectivity index (χ1n) is 8.62. The fourth-order valence-corrected chi connectivity index (χ4v) is 3.69. The zero-order valence-electron chi connectivity index (χ0n) is 14.6. The summed E-state index contributed by atoms with van der Waals surface area (Å²) in [5, 5.41) is 3.53. The van der Waals surface area contributed by atoms with Crippen LogP contribution in [0.1, 0.15) is 26.5 Å². The Bertz CT molecular complexity index is 1020. The number of aromatic nitrogens is 3. The van der Waals surface area contributed by atoms with Gasteiger partial charge in [0.05, 0.1) is 0 Å². The van der Waals surface area contributed by atoms with Crippen LogP contribution in [0.4, 0.5) is 5.13 Å². The summed E-state index contributed by atoms with van der Waals surface area (Å²) in [5.41, 5.74) is 2.92. The first-order valence-corrected chi connectivity index (χ1v) is 9.43. The number of hydrogen-bond donors (Lipinski definition) is 1. The molecule has 0 radical (unpaired) electrons. The number of thiazole rings is 1. The van der Waals surface area contributed by atoms with E-state index in [1.807, 2.05) is 59.4 Å². The molecule has 5 nitrogen and oxygen atoms in total. The van der Waals surface area contributed by atoms with Crippen molar-refractivity contribution in [3.63, 3.8) is 0 Å². The van der Waals surface area contributed by atoms with Crippen molar-refractivity contribution >= 4 is 22.4 Å². The van der Waals surface area contributed by atoms with Crippen molar-refractivity contribution in [2.24, 2.45) is 0 Å². The molecule has 0 unspecified atom stereocenters. The second kappa shape index (κ2) is 7.97. The van der Waals surface area contributed by atoms with Crippen LogP contribution in [0.15, 0.2) is 79.4 Å². The minimum Gasteiger partial charge on any atom is -0.339 e. The molecule has 0 saturated carbocycles. The van der Waals surface area contributed by atoms with Gasteiger partial charge in [-0.2, -0.15) is 0 Å². The van der Waals surface area contributed by atoms with Gasteiger partial charge in [-0.05, 0) is 35.4 Å². The maximum absolute atomic E-state index is 12.7. The Balaban J connectivity index is 1.44. The number of carbonyl (C=O) groups excluding carboxylic acids is 1. The van der Waals surface area contributed by atoms with E-state index in [0.29, 0.717) is 17.4 Å². The highest BCUT2D eigenvalue weighted by molar-refractivity contribution is 7.15. The molecule has 1 N–H and O–H groups in total. The largest absolute Gasteiger partial charge is 0.339 e. The van der Waals surface area contributed by atoms with E-state index < -0.39 is 0 Å². The summed E-state index contributed by atoms with van der Waals surface area (Å²) < 4.78 is 1.92. The first-order chi connectivity index (χ1) is 13.3.